The van der Waals surface area contributed by atoms with Gasteiger partial charge in [-0.1, -0.05) is 24.3 Å². The molecule has 1 aliphatic heterocycles. The first kappa shape index (κ1) is 21.3. The van der Waals surface area contributed by atoms with E-state index in [2.05, 4.69) is 60.4 Å². The van der Waals surface area contributed by atoms with Crippen molar-refractivity contribution in [2.75, 3.05) is 26.2 Å². The van der Waals surface area contributed by atoms with E-state index in [1.54, 1.807) is 0 Å². The van der Waals surface area contributed by atoms with Crippen LogP contribution in [0.25, 0.3) is 0 Å². The lowest BCUT2D eigenvalue weighted by Gasteiger charge is -2.34. The second kappa shape index (κ2) is 10.4. The fourth-order valence-corrected chi connectivity index (χ4v) is 3.32. The number of rotatable bonds is 7. The Morgan fingerprint density at radius 1 is 1.38 bits per heavy atom. The van der Waals surface area contributed by atoms with Gasteiger partial charge in [0.15, 0.2) is 5.96 Å². The summed E-state index contributed by atoms with van der Waals surface area (Å²) < 4.78 is 13.5. The largest absolute Gasteiger partial charge is 0.374 e. The van der Waals surface area contributed by atoms with Crippen molar-refractivity contribution in [2.24, 2.45) is 12.0 Å². The Bertz CT molecular complexity index is 802. The fourth-order valence-electron chi connectivity index (χ4n) is 3.32. The van der Waals surface area contributed by atoms with E-state index in [4.69, 9.17) is 14.5 Å². The van der Waals surface area contributed by atoms with Crippen molar-refractivity contribution >= 4 is 5.96 Å². The van der Waals surface area contributed by atoms with Crippen molar-refractivity contribution in [1.29, 1.82) is 0 Å². The Kier molecular flexibility index (Phi) is 7.66. The number of aliphatic imine (C=N–C) groups is 1. The Labute approximate surface area is 173 Å². The fraction of sp³-hybridized carbons (Fsp3) is 0.545. The van der Waals surface area contributed by atoms with E-state index in [0.717, 1.165) is 31.2 Å². The van der Waals surface area contributed by atoms with Gasteiger partial charge in [-0.15, -0.1) is 0 Å². The summed E-state index contributed by atoms with van der Waals surface area (Å²) in [6.45, 7) is 10.6. The van der Waals surface area contributed by atoms with Gasteiger partial charge in [0.25, 0.3) is 0 Å². The van der Waals surface area contributed by atoms with Crippen LogP contribution in [0.4, 0.5) is 0 Å². The van der Waals surface area contributed by atoms with Crippen LogP contribution >= 0.6 is 0 Å². The Balaban J connectivity index is 1.67. The number of morpholine rings is 1. The molecule has 0 saturated carbocycles. The molecule has 2 heterocycles. The molecule has 29 heavy (non-hydrogen) atoms. The summed E-state index contributed by atoms with van der Waals surface area (Å²) in [6, 6.07) is 8.46. The predicted molar refractivity (Wildman–Crippen MR) is 115 cm³/mol. The molecule has 1 N–H and O–H groups in total. The van der Waals surface area contributed by atoms with Crippen molar-refractivity contribution in [1.82, 2.24) is 20.0 Å². The summed E-state index contributed by atoms with van der Waals surface area (Å²) in [7, 11) is 1.93. The average molecular weight is 400 g/mol. The SMILES string of the molecule is CCNC(=NCc1cccc(COC(C)C)c1)N1CCOC(c2cnn(C)c2)C1. The molecule has 0 spiro atoms. The molecule has 0 aliphatic carbocycles. The van der Waals surface area contributed by atoms with Crippen LogP contribution in [0.2, 0.25) is 0 Å². The van der Waals surface area contributed by atoms with Crippen molar-refractivity contribution in [3.8, 4) is 0 Å². The van der Waals surface area contributed by atoms with Crippen LogP contribution in [0.3, 0.4) is 0 Å². The van der Waals surface area contributed by atoms with Gasteiger partial charge < -0.3 is 19.7 Å². The number of nitrogens with one attached hydrogen (secondary N) is 1. The zero-order valence-corrected chi connectivity index (χ0v) is 18.0. The maximum absolute atomic E-state index is 5.97. The van der Waals surface area contributed by atoms with Gasteiger partial charge in [0, 0.05) is 31.9 Å². The average Bonchev–Trinajstić information content (AvgIpc) is 3.16. The van der Waals surface area contributed by atoms with Gasteiger partial charge in [0.05, 0.1) is 38.6 Å². The molecule has 1 aliphatic rings. The summed E-state index contributed by atoms with van der Waals surface area (Å²) in [5.41, 5.74) is 3.47. The molecular weight excluding hydrogens is 366 g/mol. The molecule has 1 atom stereocenters. The third-order valence-corrected chi connectivity index (χ3v) is 4.78. The predicted octanol–water partition coefficient (Wildman–Crippen LogP) is 2.88. The van der Waals surface area contributed by atoms with E-state index < -0.39 is 0 Å². The van der Waals surface area contributed by atoms with Crippen LogP contribution in [0.5, 0.6) is 0 Å². The third-order valence-electron chi connectivity index (χ3n) is 4.78. The van der Waals surface area contributed by atoms with Gasteiger partial charge >= 0.3 is 0 Å². The van der Waals surface area contributed by atoms with Gasteiger partial charge in [-0.05, 0) is 31.9 Å². The highest BCUT2D eigenvalue weighted by Crippen LogP contribution is 2.21. The molecule has 1 aromatic carbocycles. The highest BCUT2D eigenvalue weighted by molar-refractivity contribution is 5.80. The number of aryl methyl sites for hydroxylation is 1. The second-order valence-corrected chi connectivity index (χ2v) is 7.60. The molecule has 1 fully saturated rings. The Hall–Kier alpha value is -2.38. The maximum Gasteiger partial charge on any atom is 0.194 e. The maximum atomic E-state index is 5.97. The monoisotopic (exact) mass is 399 g/mol. The van der Waals surface area contributed by atoms with Gasteiger partial charge in [-0.3, -0.25) is 4.68 Å². The van der Waals surface area contributed by atoms with Crippen LogP contribution in [0.1, 0.15) is 43.6 Å². The normalized spacial score (nSPS) is 17.8. The summed E-state index contributed by atoms with van der Waals surface area (Å²) in [4.78, 5) is 7.17. The van der Waals surface area contributed by atoms with E-state index >= 15 is 0 Å². The minimum absolute atomic E-state index is 0.0119. The molecular formula is C22H33N5O2. The lowest BCUT2D eigenvalue weighted by atomic mass is 10.1. The summed E-state index contributed by atoms with van der Waals surface area (Å²) in [5, 5.41) is 7.70. The highest BCUT2D eigenvalue weighted by atomic mass is 16.5. The summed E-state index contributed by atoms with van der Waals surface area (Å²) >= 11 is 0. The topological polar surface area (TPSA) is 63.9 Å². The van der Waals surface area contributed by atoms with E-state index in [9.17, 15) is 0 Å². The number of benzene rings is 1. The van der Waals surface area contributed by atoms with Crippen molar-refractivity contribution in [2.45, 2.75) is 46.1 Å². The molecule has 1 aromatic heterocycles. The van der Waals surface area contributed by atoms with Crippen LogP contribution in [0.15, 0.2) is 41.7 Å². The number of ether oxygens (including phenoxy) is 2. The third kappa shape index (κ3) is 6.30. The summed E-state index contributed by atoms with van der Waals surface area (Å²) in [6.07, 6.45) is 4.13. The number of guanidine groups is 1. The van der Waals surface area contributed by atoms with Crippen LogP contribution < -0.4 is 5.32 Å². The second-order valence-electron chi connectivity index (χ2n) is 7.60. The number of aromatic nitrogens is 2. The van der Waals surface area contributed by atoms with E-state index in [1.807, 2.05) is 24.1 Å². The Morgan fingerprint density at radius 3 is 2.93 bits per heavy atom. The lowest BCUT2D eigenvalue weighted by Crippen LogP contribution is -2.48. The van der Waals surface area contributed by atoms with Gasteiger partial charge in [-0.25, -0.2) is 4.99 Å². The van der Waals surface area contributed by atoms with Crippen molar-refractivity contribution in [3.05, 3.63) is 53.3 Å². The molecule has 1 saturated heterocycles. The molecule has 1 unspecified atom stereocenters. The number of hydrogen-bond acceptors (Lipinski definition) is 4. The number of hydrogen-bond donors (Lipinski definition) is 1. The molecule has 0 amide bonds. The van der Waals surface area contributed by atoms with Crippen molar-refractivity contribution < 1.29 is 9.47 Å². The molecule has 7 nitrogen and oxygen atoms in total. The minimum Gasteiger partial charge on any atom is -0.374 e. The molecule has 2 aromatic rings. The number of nitrogens with zero attached hydrogens (tertiary/aromatic N) is 4. The first-order valence-electron chi connectivity index (χ1n) is 10.4. The van der Waals surface area contributed by atoms with Crippen molar-refractivity contribution in [3.63, 3.8) is 0 Å². The smallest absolute Gasteiger partial charge is 0.194 e. The first-order valence-corrected chi connectivity index (χ1v) is 10.4. The van der Waals surface area contributed by atoms with E-state index in [0.29, 0.717) is 19.8 Å². The highest BCUT2D eigenvalue weighted by Gasteiger charge is 2.25. The zero-order valence-electron chi connectivity index (χ0n) is 18.0. The van der Waals surface area contributed by atoms with E-state index in [1.165, 1.54) is 11.1 Å². The van der Waals surface area contributed by atoms with Crippen LogP contribution in [0, 0.1) is 0 Å². The molecule has 3 rings (SSSR count). The molecule has 158 valence electrons. The standard InChI is InChI=1S/C22H33N5O2/c1-5-23-22(24-12-18-7-6-8-19(11-18)16-29-17(2)3)27-9-10-28-21(15-27)20-13-25-26(4)14-20/h6-8,11,13-14,17,21H,5,9-10,12,15-16H2,1-4H3,(H,23,24). The summed E-state index contributed by atoms with van der Waals surface area (Å²) in [5.74, 6) is 0.925. The Morgan fingerprint density at radius 2 is 2.21 bits per heavy atom. The van der Waals surface area contributed by atoms with Gasteiger partial charge in [0.1, 0.15) is 6.10 Å². The van der Waals surface area contributed by atoms with Crippen LogP contribution in [-0.4, -0.2) is 53.0 Å². The lowest BCUT2D eigenvalue weighted by molar-refractivity contribution is -0.00805. The molecule has 7 heteroatoms. The van der Waals surface area contributed by atoms with E-state index in [-0.39, 0.29) is 12.2 Å². The van der Waals surface area contributed by atoms with Crippen LogP contribution in [-0.2, 0) is 29.7 Å². The molecule has 0 bridgehead atoms. The quantitative estimate of drug-likeness (QED) is 0.573. The van der Waals surface area contributed by atoms with Gasteiger partial charge in [-0.2, -0.15) is 5.10 Å². The minimum atomic E-state index is 0.0119. The first-order chi connectivity index (χ1) is 14.0. The van der Waals surface area contributed by atoms with Gasteiger partial charge in [0.2, 0.25) is 0 Å². The molecule has 0 radical (unpaired) electrons. The zero-order chi connectivity index (χ0) is 20.6.